The number of rotatable bonds is 7. The van der Waals surface area contributed by atoms with E-state index in [1.165, 1.54) is 17.7 Å². The summed E-state index contributed by atoms with van der Waals surface area (Å²) in [6.45, 7) is 11.0. The third-order valence-electron chi connectivity index (χ3n) is 4.55. The second-order valence-corrected chi connectivity index (χ2v) is 6.32. The minimum absolute atomic E-state index is 0.864. The van der Waals surface area contributed by atoms with Crippen molar-refractivity contribution < 1.29 is 9.47 Å². The van der Waals surface area contributed by atoms with Gasteiger partial charge in [-0.15, -0.1) is 0 Å². The Morgan fingerprint density at radius 3 is 2.09 bits per heavy atom. The molecule has 1 aromatic carbocycles. The van der Waals surface area contributed by atoms with Crippen molar-refractivity contribution in [3.8, 4) is 0 Å². The normalized spacial score (nSPS) is 20.5. The molecule has 0 bridgehead atoms. The molecule has 2 saturated heterocycles. The molecule has 0 aromatic heterocycles. The summed E-state index contributed by atoms with van der Waals surface area (Å²) in [5.41, 5.74) is 2.60. The molecule has 2 heterocycles. The van der Waals surface area contributed by atoms with E-state index in [-0.39, 0.29) is 0 Å². The van der Waals surface area contributed by atoms with Gasteiger partial charge in [-0.05, 0) is 30.7 Å². The van der Waals surface area contributed by atoms with E-state index in [4.69, 9.17) is 9.47 Å². The number of benzene rings is 1. The fourth-order valence-corrected chi connectivity index (χ4v) is 3.11. The van der Waals surface area contributed by atoms with Crippen LogP contribution in [0.2, 0.25) is 0 Å². The summed E-state index contributed by atoms with van der Waals surface area (Å²) < 4.78 is 10.8. The molecule has 1 aromatic rings. The maximum Gasteiger partial charge on any atom is 0.0594 e. The Kier molecular flexibility index (Phi) is 6.70. The molecule has 1 N–H and O–H groups in total. The number of hydrogen-bond acceptors (Lipinski definition) is 5. The third-order valence-corrected chi connectivity index (χ3v) is 4.55. The fourth-order valence-electron chi connectivity index (χ4n) is 3.11. The maximum atomic E-state index is 5.39. The molecule has 0 radical (unpaired) electrons. The topological polar surface area (TPSA) is 37.0 Å². The van der Waals surface area contributed by atoms with Gasteiger partial charge in [0.2, 0.25) is 0 Å². The second kappa shape index (κ2) is 9.23. The van der Waals surface area contributed by atoms with Crippen LogP contribution in [-0.4, -0.2) is 75.5 Å². The van der Waals surface area contributed by atoms with Crippen LogP contribution in [0.3, 0.4) is 0 Å². The first-order valence-corrected chi connectivity index (χ1v) is 8.83. The van der Waals surface area contributed by atoms with Crippen LogP contribution in [-0.2, 0) is 16.0 Å². The Balaban J connectivity index is 1.33. The zero-order chi connectivity index (χ0) is 15.7. The van der Waals surface area contributed by atoms with Crippen molar-refractivity contribution in [2.45, 2.75) is 13.0 Å². The van der Waals surface area contributed by atoms with Gasteiger partial charge in [-0.1, -0.05) is 12.1 Å². The van der Waals surface area contributed by atoms with Gasteiger partial charge in [0.05, 0.1) is 26.4 Å². The van der Waals surface area contributed by atoms with E-state index in [1.807, 2.05) is 0 Å². The van der Waals surface area contributed by atoms with Gasteiger partial charge in [0.25, 0.3) is 0 Å². The van der Waals surface area contributed by atoms with Gasteiger partial charge in [-0.2, -0.15) is 0 Å². The van der Waals surface area contributed by atoms with E-state index in [1.54, 1.807) is 0 Å². The Labute approximate surface area is 139 Å². The Morgan fingerprint density at radius 1 is 0.826 bits per heavy atom. The standard InChI is InChI=1S/C18H29N3O2/c1(7-20-8-12-22-13-9-20)6-19-18-4-2-17(3-5-18)16-21-10-14-23-15-11-21/h2-5,19H,1,6-16H2. The molecule has 128 valence electrons. The monoisotopic (exact) mass is 319 g/mol. The molecule has 0 amide bonds. The average Bonchev–Trinajstić information content (AvgIpc) is 2.62. The first kappa shape index (κ1) is 16.7. The minimum Gasteiger partial charge on any atom is -0.385 e. The lowest BCUT2D eigenvalue weighted by Crippen LogP contribution is -2.37. The number of anilines is 1. The summed E-state index contributed by atoms with van der Waals surface area (Å²) >= 11 is 0. The smallest absolute Gasteiger partial charge is 0.0594 e. The largest absolute Gasteiger partial charge is 0.385 e. The van der Waals surface area contributed by atoms with Gasteiger partial charge in [-0.3, -0.25) is 9.80 Å². The predicted molar refractivity (Wildman–Crippen MR) is 92.9 cm³/mol. The molecule has 2 fully saturated rings. The van der Waals surface area contributed by atoms with Gasteiger partial charge in [0.1, 0.15) is 0 Å². The average molecular weight is 319 g/mol. The number of morpholine rings is 2. The van der Waals surface area contributed by atoms with Crippen molar-refractivity contribution >= 4 is 5.69 Å². The number of ether oxygens (including phenoxy) is 2. The van der Waals surface area contributed by atoms with Crippen LogP contribution in [0.4, 0.5) is 5.69 Å². The van der Waals surface area contributed by atoms with Crippen LogP contribution in [0.1, 0.15) is 12.0 Å². The number of nitrogens with one attached hydrogen (secondary N) is 1. The highest BCUT2D eigenvalue weighted by Crippen LogP contribution is 2.12. The first-order valence-electron chi connectivity index (χ1n) is 8.83. The van der Waals surface area contributed by atoms with Crippen LogP contribution in [0.5, 0.6) is 0 Å². The molecular weight excluding hydrogens is 290 g/mol. The van der Waals surface area contributed by atoms with E-state index >= 15 is 0 Å². The van der Waals surface area contributed by atoms with Crippen LogP contribution in [0.15, 0.2) is 24.3 Å². The van der Waals surface area contributed by atoms with E-state index in [2.05, 4.69) is 39.4 Å². The van der Waals surface area contributed by atoms with Gasteiger partial charge < -0.3 is 14.8 Å². The minimum atomic E-state index is 0.864. The molecule has 5 heteroatoms. The summed E-state index contributed by atoms with van der Waals surface area (Å²) in [7, 11) is 0. The molecule has 0 aliphatic carbocycles. The summed E-state index contributed by atoms with van der Waals surface area (Å²) in [4.78, 5) is 4.94. The Bertz CT molecular complexity index is 440. The lowest BCUT2D eigenvalue weighted by atomic mass is 10.2. The van der Waals surface area contributed by atoms with Crippen LogP contribution < -0.4 is 5.32 Å². The highest BCUT2D eigenvalue weighted by molar-refractivity contribution is 5.44. The summed E-state index contributed by atoms with van der Waals surface area (Å²) in [6.07, 6.45) is 1.18. The first-order chi connectivity index (χ1) is 11.4. The van der Waals surface area contributed by atoms with Crippen LogP contribution >= 0.6 is 0 Å². The van der Waals surface area contributed by atoms with E-state index < -0.39 is 0 Å². The van der Waals surface area contributed by atoms with Crippen LogP contribution in [0, 0.1) is 0 Å². The van der Waals surface area contributed by atoms with Crippen LogP contribution in [0.25, 0.3) is 0 Å². The van der Waals surface area contributed by atoms with E-state index in [0.717, 1.165) is 72.2 Å². The summed E-state index contributed by atoms with van der Waals surface area (Å²) in [6, 6.07) is 8.87. The van der Waals surface area contributed by atoms with Crippen molar-refractivity contribution in [1.82, 2.24) is 9.80 Å². The molecule has 5 nitrogen and oxygen atoms in total. The molecule has 0 saturated carbocycles. The lowest BCUT2D eigenvalue weighted by molar-refractivity contribution is 0.0342. The predicted octanol–water partition coefficient (Wildman–Crippen LogP) is 1.65. The molecule has 0 spiro atoms. The van der Waals surface area contributed by atoms with Crippen molar-refractivity contribution in [2.75, 3.05) is 71.0 Å². The van der Waals surface area contributed by atoms with Gasteiger partial charge in [0.15, 0.2) is 0 Å². The third kappa shape index (κ3) is 5.77. The molecular formula is C18H29N3O2. The number of hydrogen-bond donors (Lipinski definition) is 1. The molecule has 23 heavy (non-hydrogen) atoms. The Morgan fingerprint density at radius 2 is 1.43 bits per heavy atom. The van der Waals surface area contributed by atoms with Crippen molar-refractivity contribution in [2.24, 2.45) is 0 Å². The SMILES string of the molecule is c1cc(NCCCN2CCOCC2)ccc1CN1CCOCC1. The highest BCUT2D eigenvalue weighted by atomic mass is 16.5. The van der Waals surface area contributed by atoms with Gasteiger partial charge in [0, 0.05) is 45.0 Å². The summed E-state index contributed by atoms with van der Waals surface area (Å²) in [5.74, 6) is 0. The Hall–Kier alpha value is -1.14. The maximum absolute atomic E-state index is 5.39. The molecule has 0 atom stereocenters. The zero-order valence-corrected chi connectivity index (χ0v) is 14.0. The lowest BCUT2D eigenvalue weighted by Gasteiger charge is -2.26. The van der Waals surface area contributed by atoms with E-state index in [0.29, 0.717) is 0 Å². The highest BCUT2D eigenvalue weighted by Gasteiger charge is 2.11. The quantitative estimate of drug-likeness (QED) is 0.774. The van der Waals surface area contributed by atoms with Crippen molar-refractivity contribution in [3.05, 3.63) is 29.8 Å². The summed E-state index contributed by atoms with van der Waals surface area (Å²) in [5, 5.41) is 3.52. The second-order valence-electron chi connectivity index (χ2n) is 6.32. The van der Waals surface area contributed by atoms with E-state index in [9.17, 15) is 0 Å². The van der Waals surface area contributed by atoms with Crippen molar-refractivity contribution in [1.29, 1.82) is 0 Å². The fraction of sp³-hybridized carbons (Fsp3) is 0.667. The number of nitrogens with zero attached hydrogens (tertiary/aromatic N) is 2. The molecule has 2 aliphatic heterocycles. The molecule has 2 aliphatic rings. The van der Waals surface area contributed by atoms with Gasteiger partial charge in [-0.25, -0.2) is 0 Å². The molecule has 3 rings (SSSR count). The van der Waals surface area contributed by atoms with Gasteiger partial charge >= 0.3 is 0 Å². The zero-order valence-electron chi connectivity index (χ0n) is 14.0. The van der Waals surface area contributed by atoms with Crippen molar-refractivity contribution in [3.63, 3.8) is 0 Å². The molecule has 0 unspecified atom stereocenters.